The number of nitrogens with zero attached hydrogens (tertiary/aromatic N) is 1. The Hall–Kier alpha value is -2.31. The second-order valence-electron chi connectivity index (χ2n) is 3.65. The first-order valence-corrected chi connectivity index (χ1v) is 5.70. The highest BCUT2D eigenvalue weighted by Crippen LogP contribution is 2.17. The number of nitrogens with two attached hydrogens (primary N) is 1. The summed E-state index contributed by atoms with van der Waals surface area (Å²) < 4.78 is 5.74. The molecule has 0 radical (unpaired) electrons. The SMILES string of the molecule is NCC#Cc1ccccc1OCc1cccnc1. The Labute approximate surface area is 107 Å². The number of pyridine rings is 1. The molecule has 0 unspecified atom stereocenters. The summed E-state index contributed by atoms with van der Waals surface area (Å²) in [4.78, 5) is 4.04. The molecule has 0 saturated carbocycles. The van der Waals surface area contributed by atoms with E-state index < -0.39 is 0 Å². The zero-order chi connectivity index (χ0) is 12.6. The summed E-state index contributed by atoms with van der Waals surface area (Å²) in [5, 5.41) is 0. The van der Waals surface area contributed by atoms with Crippen LogP contribution in [0.1, 0.15) is 11.1 Å². The third-order valence-electron chi connectivity index (χ3n) is 2.33. The van der Waals surface area contributed by atoms with Crippen LogP contribution >= 0.6 is 0 Å². The molecule has 0 aliphatic rings. The zero-order valence-corrected chi connectivity index (χ0v) is 9.97. The van der Waals surface area contributed by atoms with Crippen molar-refractivity contribution in [1.29, 1.82) is 0 Å². The van der Waals surface area contributed by atoms with Gasteiger partial charge in [0.05, 0.1) is 12.1 Å². The quantitative estimate of drug-likeness (QED) is 0.832. The van der Waals surface area contributed by atoms with Gasteiger partial charge in [0.2, 0.25) is 0 Å². The first kappa shape index (κ1) is 12.2. The van der Waals surface area contributed by atoms with E-state index >= 15 is 0 Å². The smallest absolute Gasteiger partial charge is 0.135 e. The first-order chi connectivity index (χ1) is 8.90. The summed E-state index contributed by atoms with van der Waals surface area (Å²) >= 11 is 0. The molecule has 3 heteroatoms. The molecule has 2 N–H and O–H groups in total. The lowest BCUT2D eigenvalue weighted by Gasteiger charge is -2.07. The van der Waals surface area contributed by atoms with Gasteiger partial charge in [0.1, 0.15) is 12.4 Å². The third kappa shape index (κ3) is 3.34. The van der Waals surface area contributed by atoms with E-state index in [-0.39, 0.29) is 0 Å². The van der Waals surface area contributed by atoms with Crippen LogP contribution in [0.5, 0.6) is 5.75 Å². The average Bonchev–Trinajstić information content (AvgIpc) is 2.45. The Bertz CT molecular complexity index is 555. The molecular weight excluding hydrogens is 224 g/mol. The maximum Gasteiger partial charge on any atom is 0.135 e. The van der Waals surface area contributed by atoms with Crippen LogP contribution in [0.3, 0.4) is 0 Å². The van der Waals surface area contributed by atoms with Crippen molar-refractivity contribution in [3.8, 4) is 17.6 Å². The summed E-state index contributed by atoms with van der Waals surface area (Å²) in [5.74, 6) is 6.59. The molecule has 1 aromatic carbocycles. The summed E-state index contributed by atoms with van der Waals surface area (Å²) in [6.07, 6.45) is 3.53. The maximum atomic E-state index is 5.74. The van der Waals surface area contributed by atoms with Gasteiger partial charge in [-0.15, -0.1) is 0 Å². The van der Waals surface area contributed by atoms with Gasteiger partial charge in [0.25, 0.3) is 0 Å². The Kier molecular flexibility index (Phi) is 4.34. The molecule has 1 aromatic heterocycles. The van der Waals surface area contributed by atoms with E-state index in [1.165, 1.54) is 0 Å². The van der Waals surface area contributed by atoms with Gasteiger partial charge in [-0.25, -0.2) is 0 Å². The van der Waals surface area contributed by atoms with Gasteiger partial charge in [0, 0.05) is 18.0 Å². The van der Waals surface area contributed by atoms with Crippen molar-refractivity contribution in [2.75, 3.05) is 6.54 Å². The zero-order valence-electron chi connectivity index (χ0n) is 9.97. The van der Waals surface area contributed by atoms with Crippen molar-refractivity contribution in [2.24, 2.45) is 5.73 Å². The Morgan fingerprint density at radius 2 is 2.06 bits per heavy atom. The summed E-state index contributed by atoms with van der Waals surface area (Å²) in [6, 6.07) is 11.5. The highest BCUT2D eigenvalue weighted by Gasteiger charge is 2.00. The Morgan fingerprint density at radius 1 is 1.17 bits per heavy atom. The molecule has 3 nitrogen and oxygen atoms in total. The fraction of sp³-hybridized carbons (Fsp3) is 0.133. The van der Waals surface area contributed by atoms with Crippen LogP contribution in [0, 0.1) is 11.8 Å². The lowest BCUT2D eigenvalue weighted by Crippen LogP contribution is -1.98. The van der Waals surface area contributed by atoms with E-state index in [0.29, 0.717) is 13.2 Å². The number of para-hydroxylation sites is 1. The molecule has 2 aromatic rings. The second-order valence-corrected chi connectivity index (χ2v) is 3.65. The number of rotatable bonds is 3. The number of hydrogen-bond acceptors (Lipinski definition) is 3. The number of benzene rings is 1. The van der Waals surface area contributed by atoms with Crippen molar-refractivity contribution in [3.63, 3.8) is 0 Å². The predicted octanol–water partition coefficient (Wildman–Crippen LogP) is 1.97. The molecule has 18 heavy (non-hydrogen) atoms. The molecule has 0 bridgehead atoms. The standard InChI is InChI=1S/C15H14N2O/c16-9-3-7-14-6-1-2-8-15(14)18-12-13-5-4-10-17-11-13/h1-2,4-6,8,10-11H,9,12,16H2. The monoisotopic (exact) mass is 238 g/mol. The minimum Gasteiger partial charge on any atom is -0.488 e. The molecule has 90 valence electrons. The molecule has 0 amide bonds. The van der Waals surface area contributed by atoms with E-state index in [2.05, 4.69) is 16.8 Å². The largest absolute Gasteiger partial charge is 0.488 e. The van der Waals surface area contributed by atoms with Gasteiger partial charge in [-0.05, 0) is 18.2 Å². The van der Waals surface area contributed by atoms with Crippen LogP contribution in [-0.2, 0) is 6.61 Å². The molecule has 0 atom stereocenters. The van der Waals surface area contributed by atoms with Crippen molar-refractivity contribution < 1.29 is 4.74 Å². The average molecular weight is 238 g/mol. The normalized spacial score (nSPS) is 9.39. The summed E-state index contributed by atoms with van der Waals surface area (Å²) in [5.41, 5.74) is 7.25. The van der Waals surface area contributed by atoms with Gasteiger partial charge < -0.3 is 10.5 Å². The fourth-order valence-electron chi connectivity index (χ4n) is 1.49. The second kappa shape index (κ2) is 6.43. The number of ether oxygens (including phenoxy) is 1. The summed E-state index contributed by atoms with van der Waals surface area (Å²) in [6.45, 7) is 0.825. The van der Waals surface area contributed by atoms with Gasteiger partial charge in [-0.3, -0.25) is 4.98 Å². The summed E-state index contributed by atoms with van der Waals surface area (Å²) in [7, 11) is 0. The number of aromatic nitrogens is 1. The van der Waals surface area contributed by atoms with Crippen LogP contribution in [-0.4, -0.2) is 11.5 Å². The van der Waals surface area contributed by atoms with E-state index in [1.807, 2.05) is 36.4 Å². The predicted molar refractivity (Wildman–Crippen MR) is 70.9 cm³/mol. The molecule has 0 fully saturated rings. The van der Waals surface area contributed by atoms with E-state index in [1.54, 1.807) is 12.4 Å². The van der Waals surface area contributed by atoms with Gasteiger partial charge in [0.15, 0.2) is 0 Å². The topological polar surface area (TPSA) is 48.1 Å². The van der Waals surface area contributed by atoms with Crippen LogP contribution in [0.2, 0.25) is 0 Å². The third-order valence-corrected chi connectivity index (χ3v) is 2.33. The minimum atomic E-state index is 0.344. The lowest BCUT2D eigenvalue weighted by atomic mass is 10.2. The van der Waals surface area contributed by atoms with Crippen LogP contribution in [0.15, 0.2) is 48.8 Å². The highest BCUT2D eigenvalue weighted by molar-refractivity contribution is 5.46. The van der Waals surface area contributed by atoms with Crippen molar-refractivity contribution in [3.05, 3.63) is 59.9 Å². The lowest BCUT2D eigenvalue weighted by molar-refractivity contribution is 0.305. The van der Waals surface area contributed by atoms with Crippen LogP contribution in [0.4, 0.5) is 0 Å². The Morgan fingerprint density at radius 3 is 2.83 bits per heavy atom. The van der Waals surface area contributed by atoms with Gasteiger partial charge in [-0.1, -0.05) is 30.0 Å². The highest BCUT2D eigenvalue weighted by atomic mass is 16.5. The van der Waals surface area contributed by atoms with Gasteiger partial charge >= 0.3 is 0 Å². The first-order valence-electron chi connectivity index (χ1n) is 5.70. The molecule has 0 spiro atoms. The van der Waals surface area contributed by atoms with Crippen molar-refractivity contribution >= 4 is 0 Å². The van der Waals surface area contributed by atoms with E-state index in [0.717, 1.165) is 16.9 Å². The number of hydrogen-bond donors (Lipinski definition) is 1. The Balaban J connectivity index is 2.09. The maximum absolute atomic E-state index is 5.74. The molecular formula is C15H14N2O. The van der Waals surface area contributed by atoms with E-state index in [9.17, 15) is 0 Å². The minimum absolute atomic E-state index is 0.344. The molecule has 1 heterocycles. The fourth-order valence-corrected chi connectivity index (χ4v) is 1.49. The molecule has 0 saturated heterocycles. The van der Waals surface area contributed by atoms with Gasteiger partial charge in [-0.2, -0.15) is 0 Å². The van der Waals surface area contributed by atoms with Crippen LogP contribution < -0.4 is 10.5 Å². The molecule has 0 aliphatic heterocycles. The van der Waals surface area contributed by atoms with Crippen LogP contribution in [0.25, 0.3) is 0 Å². The van der Waals surface area contributed by atoms with Crippen molar-refractivity contribution in [2.45, 2.75) is 6.61 Å². The van der Waals surface area contributed by atoms with E-state index in [4.69, 9.17) is 10.5 Å². The van der Waals surface area contributed by atoms with Crippen molar-refractivity contribution in [1.82, 2.24) is 4.98 Å². The molecule has 2 rings (SSSR count). The molecule has 0 aliphatic carbocycles.